The van der Waals surface area contributed by atoms with Crippen LogP contribution in [0.2, 0.25) is 0 Å². The monoisotopic (exact) mass is 357 g/mol. The highest BCUT2D eigenvalue weighted by molar-refractivity contribution is 5.94. The first kappa shape index (κ1) is 19.3. The SMILES string of the molecule is COc1ccccc1OCC(=O)Nc1cccc(NC(=O)CC(C)N)c1. The topological polar surface area (TPSA) is 103 Å². The fraction of sp³-hybridized carbons (Fsp3) is 0.263. The van der Waals surface area contributed by atoms with Crippen molar-refractivity contribution in [2.75, 3.05) is 24.4 Å². The Morgan fingerprint density at radius 2 is 1.62 bits per heavy atom. The summed E-state index contributed by atoms with van der Waals surface area (Å²) in [5.74, 6) is 0.541. The van der Waals surface area contributed by atoms with Crippen LogP contribution in [0.4, 0.5) is 11.4 Å². The highest BCUT2D eigenvalue weighted by Crippen LogP contribution is 2.25. The smallest absolute Gasteiger partial charge is 0.262 e. The van der Waals surface area contributed by atoms with E-state index in [0.717, 1.165) is 0 Å². The first-order valence-corrected chi connectivity index (χ1v) is 8.19. The number of benzene rings is 2. The number of rotatable bonds is 8. The number of nitrogens with one attached hydrogen (secondary N) is 2. The van der Waals surface area contributed by atoms with Gasteiger partial charge in [0.15, 0.2) is 18.1 Å². The zero-order valence-corrected chi connectivity index (χ0v) is 14.8. The van der Waals surface area contributed by atoms with E-state index in [1.165, 1.54) is 7.11 Å². The summed E-state index contributed by atoms with van der Waals surface area (Å²) >= 11 is 0. The molecule has 7 heteroatoms. The van der Waals surface area contributed by atoms with Crippen molar-refractivity contribution in [1.82, 2.24) is 0 Å². The highest BCUT2D eigenvalue weighted by atomic mass is 16.5. The van der Waals surface area contributed by atoms with E-state index in [2.05, 4.69) is 10.6 Å². The van der Waals surface area contributed by atoms with E-state index in [1.807, 2.05) is 6.07 Å². The largest absolute Gasteiger partial charge is 0.493 e. The number of methoxy groups -OCH3 is 1. The summed E-state index contributed by atoms with van der Waals surface area (Å²) in [4.78, 5) is 23.8. The molecule has 2 amide bonds. The standard InChI is InChI=1S/C19H23N3O4/c1-13(20)10-18(23)21-14-6-5-7-15(11-14)22-19(24)12-26-17-9-4-3-8-16(17)25-2/h3-9,11,13H,10,12,20H2,1-2H3,(H,21,23)(H,22,24). The fourth-order valence-corrected chi connectivity index (χ4v) is 2.26. The lowest BCUT2D eigenvalue weighted by Gasteiger charge is -2.11. The quantitative estimate of drug-likeness (QED) is 0.673. The van der Waals surface area contributed by atoms with Gasteiger partial charge in [0.2, 0.25) is 5.91 Å². The van der Waals surface area contributed by atoms with Crippen LogP contribution >= 0.6 is 0 Å². The molecule has 0 aliphatic heterocycles. The van der Waals surface area contributed by atoms with Crippen LogP contribution in [0.5, 0.6) is 11.5 Å². The van der Waals surface area contributed by atoms with Gasteiger partial charge in [0.25, 0.3) is 5.91 Å². The number of hydrogen-bond acceptors (Lipinski definition) is 5. The number of ether oxygens (including phenoxy) is 2. The number of amides is 2. The van der Waals surface area contributed by atoms with Gasteiger partial charge >= 0.3 is 0 Å². The molecule has 4 N–H and O–H groups in total. The van der Waals surface area contributed by atoms with Crippen molar-refractivity contribution in [2.24, 2.45) is 5.73 Å². The van der Waals surface area contributed by atoms with E-state index in [-0.39, 0.29) is 30.9 Å². The molecule has 0 spiro atoms. The maximum Gasteiger partial charge on any atom is 0.262 e. The highest BCUT2D eigenvalue weighted by Gasteiger charge is 2.09. The van der Waals surface area contributed by atoms with Crippen LogP contribution < -0.4 is 25.8 Å². The number of hydrogen-bond donors (Lipinski definition) is 3. The summed E-state index contributed by atoms with van der Waals surface area (Å²) < 4.78 is 10.7. The molecular formula is C19H23N3O4. The molecule has 138 valence electrons. The van der Waals surface area contributed by atoms with E-state index >= 15 is 0 Å². The number of carbonyl (C=O) groups excluding carboxylic acids is 2. The lowest BCUT2D eigenvalue weighted by molar-refractivity contribution is -0.118. The molecule has 0 radical (unpaired) electrons. The molecule has 0 fully saturated rings. The van der Waals surface area contributed by atoms with Crippen molar-refractivity contribution in [1.29, 1.82) is 0 Å². The van der Waals surface area contributed by atoms with Crippen LogP contribution in [-0.4, -0.2) is 31.6 Å². The second-order valence-electron chi connectivity index (χ2n) is 5.80. The predicted octanol–water partition coefficient (Wildman–Crippen LogP) is 2.39. The van der Waals surface area contributed by atoms with Gasteiger partial charge in [-0.1, -0.05) is 18.2 Å². The Hall–Kier alpha value is -3.06. The Bertz CT molecular complexity index is 762. The van der Waals surface area contributed by atoms with E-state index in [0.29, 0.717) is 22.9 Å². The molecule has 1 unspecified atom stereocenters. The fourth-order valence-electron chi connectivity index (χ4n) is 2.26. The summed E-state index contributed by atoms with van der Waals surface area (Å²) in [5.41, 5.74) is 6.74. The third-order valence-electron chi connectivity index (χ3n) is 3.37. The third-order valence-corrected chi connectivity index (χ3v) is 3.37. The Morgan fingerprint density at radius 3 is 2.23 bits per heavy atom. The van der Waals surface area contributed by atoms with E-state index in [1.54, 1.807) is 49.4 Å². The number of carbonyl (C=O) groups is 2. The molecule has 2 aromatic carbocycles. The van der Waals surface area contributed by atoms with Crippen LogP contribution in [0.3, 0.4) is 0 Å². The minimum absolute atomic E-state index is 0.165. The first-order valence-electron chi connectivity index (χ1n) is 8.19. The average molecular weight is 357 g/mol. The molecule has 1 atom stereocenters. The van der Waals surface area contributed by atoms with Crippen molar-refractivity contribution in [3.05, 3.63) is 48.5 Å². The van der Waals surface area contributed by atoms with Crippen molar-refractivity contribution < 1.29 is 19.1 Å². The van der Waals surface area contributed by atoms with Gasteiger partial charge in [-0.25, -0.2) is 0 Å². The Kier molecular flexibility index (Phi) is 6.99. The van der Waals surface area contributed by atoms with E-state index < -0.39 is 0 Å². The van der Waals surface area contributed by atoms with Gasteiger partial charge in [-0.15, -0.1) is 0 Å². The maximum absolute atomic E-state index is 12.1. The summed E-state index contributed by atoms with van der Waals surface area (Å²) in [6.07, 6.45) is 0.226. The summed E-state index contributed by atoms with van der Waals surface area (Å²) in [6, 6.07) is 13.7. The van der Waals surface area contributed by atoms with Crippen molar-refractivity contribution >= 4 is 23.2 Å². The van der Waals surface area contributed by atoms with Crippen LogP contribution in [-0.2, 0) is 9.59 Å². The molecule has 0 aromatic heterocycles. The van der Waals surface area contributed by atoms with Gasteiger partial charge < -0.3 is 25.8 Å². The minimum Gasteiger partial charge on any atom is -0.493 e. The summed E-state index contributed by atoms with van der Waals surface area (Å²) in [5, 5.41) is 5.47. The van der Waals surface area contributed by atoms with E-state index in [9.17, 15) is 9.59 Å². The van der Waals surface area contributed by atoms with Crippen LogP contribution in [0.15, 0.2) is 48.5 Å². The second-order valence-corrected chi connectivity index (χ2v) is 5.80. The van der Waals surface area contributed by atoms with Gasteiger partial charge in [-0.05, 0) is 37.3 Å². The molecule has 0 heterocycles. The van der Waals surface area contributed by atoms with Gasteiger partial charge in [0, 0.05) is 23.8 Å². The van der Waals surface area contributed by atoms with Crippen LogP contribution in [0.25, 0.3) is 0 Å². The Balaban J connectivity index is 1.90. The molecule has 0 bridgehead atoms. The van der Waals surface area contributed by atoms with Crippen LogP contribution in [0.1, 0.15) is 13.3 Å². The third kappa shape index (κ3) is 6.10. The molecule has 26 heavy (non-hydrogen) atoms. The van der Waals surface area contributed by atoms with Gasteiger partial charge in [-0.2, -0.15) is 0 Å². The van der Waals surface area contributed by atoms with E-state index in [4.69, 9.17) is 15.2 Å². The maximum atomic E-state index is 12.1. The Labute approximate surface area is 152 Å². The zero-order chi connectivity index (χ0) is 18.9. The summed E-state index contributed by atoms with van der Waals surface area (Å²) in [7, 11) is 1.54. The van der Waals surface area contributed by atoms with Crippen molar-refractivity contribution in [2.45, 2.75) is 19.4 Å². The van der Waals surface area contributed by atoms with Crippen LogP contribution in [0, 0.1) is 0 Å². The molecule has 2 rings (SSSR count). The Morgan fingerprint density at radius 1 is 1.00 bits per heavy atom. The normalized spacial score (nSPS) is 11.3. The molecule has 0 saturated carbocycles. The van der Waals surface area contributed by atoms with Gasteiger partial charge in [0.05, 0.1) is 7.11 Å². The number of nitrogens with two attached hydrogens (primary N) is 1. The predicted molar refractivity (Wildman–Crippen MR) is 100 cm³/mol. The minimum atomic E-state index is -0.324. The first-order chi connectivity index (χ1) is 12.5. The molecule has 2 aromatic rings. The molecule has 0 aliphatic rings. The lowest BCUT2D eigenvalue weighted by atomic mass is 10.2. The molecular weight excluding hydrogens is 334 g/mol. The lowest BCUT2D eigenvalue weighted by Crippen LogP contribution is -2.24. The van der Waals surface area contributed by atoms with Gasteiger partial charge in [-0.3, -0.25) is 9.59 Å². The molecule has 0 saturated heterocycles. The van der Waals surface area contributed by atoms with Crippen molar-refractivity contribution in [3.8, 4) is 11.5 Å². The second kappa shape index (κ2) is 9.43. The number of anilines is 2. The number of para-hydroxylation sites is 2. The van der Waals surface area contributed by atoms with Gasteiger partial charge in [0.1, 0.15) is 0 Å². The molecule has 0 aliphatic carbocycles. The summed E-state index contributed by atoms with van der Waals surface area (Å²) in [6.45, 7) is 1.60. The average Bonchev–Trinajstić information content (AvgIpc) is 2.59. The molecule has 7 nitrogen and oxygen atoms in total. The van der Waals surface area contributed by atoms with Crippen molar-refractivity contribution in [3.63, 3.8) is 0 Å². The zero-order valence-electron chi connectivity index (χ0n) is 14.8.